The van der Waals surface area contributed by atoms with Crippen LogP contribution in [0.2, 0.25) is 0 Å². The summed E-state index contributed by atoms with van der Waals surface area (Å²) in [6.07, 6.45) is 4.43. The molecule has 3 nitrogen and oxygen atoms in total. The van der Waals surface area contributed by atoms with Gasteiger partial charge in [0.15, 0.2) is 0 Å². The van der Waals surface area contributed by atoms with Crippen LogP contribution in [0.1, 0.15) is 4.88 Å². The quantitative estimate of drug-likeness (QED) is 0.751. The number of hydrogen-bond acceptors (Lipinski definition) is 3. The van der Waals surface area contributed by atoms with Crippen molar-refractivity contribution in [2.45, 2.75) is 0 Å². The number of anilines is 1. The van der Waals surface area contributed by atoms with Gasteiger partial charge in [0.2, 0.25) is 6.41 Å². The highest BCUT2D eigenvalue weighted by Crippen LogP contribution is 2.41. The van der Waals surface area contributed by atoms with Gasteiger partial charge in [-0.2, -0.15) is 0 Å². The molecule has 1 aromatic heterocycles. The van der Waals surface area contributed by atoms with E-state index in [1.54, 1.807) is 13.1 Å². The largest absolute Gasteiger partial charge is 0.456 e. The summed E-state index contributed by atoms with van der Waals surface area (Å²) in [7, 11) is 1.71. The predicted molar refractivity (Wildman–Crippen MR) is 66.7 cm³/mol. The molecule has 0 atom stereocenters. The molecule has 0 saturated carbocycles. The Bertz CT molecular complexity index is 499. The van der Waals surface area contributed by atoms with Crippen molar-refractivity contribution in [1.82, 2.24) is 0 Å². The van der Waals surface area contributed by atoms with Gasteiger partial charge < -0.3 is 9.64 Å². The summed E-state index contributed by atoms with van der Waals surface area (Å²) in [6, 6.07) is 1.83. The van der Waals surface area contributed by atoms with E-state index >= 15 is 0 Å². The van der Waals surface area contributed by atoms with Gasteiger partial charge in [0, 0.05) is 18.7 Å². The Kier molecular flexibility index (Phi) is 2.66. The van der Waals surface area contributed by atoms with Crippen LogP contribution < -0.4 is 9.64 Å². The molecule has 0 saturated heterocycles. The molecule has 1 aliphatic rings. The molecule has 0 bridgehead atoms. The van der Waals surface area contributed by atoms with Crippen LogP contribution in [0.3, 0.4) is 0 Å². The smallest absolute Gasteiger partial charge is 0.214 e. The molecule has 82 valence electrons. The molecule has 1 aliphatic heterocycles. The number of carbonyl (C=O) groups excluding carboxylic acids is 1. The van der Waals surface area contributed by atoms with E-state index in [9.17, 15) is 4.79 Å². The van der Waals surface area contributed by atoms with Crippen molar-refractivity contribution in [2.75, 3.05) is 11.9 Å². The fraction of sp³-hybridized carbons (Fsp3) is 0.0833. The van der Waals surface area contributed by atoms with Gasteiger partial charge in [-0.1, -0.05) is 19.2 Å². The minimum Gasteiger partial charge on any atom is -0.456 e. The first-order valence-corrected chi connectivity index (χ1v) is 5.50. The van der Waals surface area contributed by atoms with Gasteiger partial charge in [-0.05, 0) is 6.08 Å². The first kappa shape index (κ1) is 10.7. The standard InChI is InChI=1S/C12H11NO2S/c1-4-9-5-11-10(15-8(9)2)6-12(16-11)13(3)7-14/h4-7H,1-2H2,3H3. The maximum atomic E-state index is 10.6. The molecule has 0 aliphatic carbocycles. The highest BCUT2D eigenvalue weighted by atomic mass is 32.1. The number of rotatable bonds is 3. The monoisotopic (exact) mass is 233 g/mol. The van der Waals surface area contributed by atoms with Gasteiger partial charge in [0.25, 0.3) is 0 Å². The Balaban J connectivity index is 2.44. The molecule has 0 radical (unpaired) electrons. The molecule has 4 heteroatoms. The van der Waals surface area contributed by atoms with Crippen LogP contribution in [0, 0.1) is 0 Å². The zero-order valence-electron chi connectivity index (χ0n) is 8.90. The van der Waals surface area contributed by atoms with Crippen LogP contribution in [0.25, 0.3) is 6.08 Å². The first-order valence-electron chi connectivity index (χ1n) is 4.69. The fourth-order valence-electron chi connectivity index (χ4n) is 1.37. The van der Waals surface area contributed by atoms with E-state index in [1.165, 1.54) is 16.2 Å². The predicted octanol–water partition coefficient (Wildman–Crippen LogP) is 2.82. The summed E-state index contributed by atoms with van der Waals surface area (Å²) in [5, 5.41) is 0.842. The molecular weight excluding hydrogens is 222 g/mol. The van der Waals surface area contributed by atoms with Crippen molar-refractivity contribution >= 4 is 28.8 Å². The number of carbonyl (C=O) groups is 1. The lowest BCUT2D eigenvalue weighted by Gasteiger charge is -2.13. The Hall–Kier alpha value is -1.81. The third kappa shape index (κ3) is 1.67. The normalized spacial score (nSPS) is 13.6. The SMILES string of the molecule is C=CC1=Cc2sc(N(C)C=O)cc2OC1=C. The third-order valence-corrected chi connectivity index (χ3v) is 3.43. The first-order chi connectivity index (χ1) is 7.65. The Morgan fingerprint density at radius 2 is 2.31 bits per heavy atom. The second-order valence-electron chi connectivity index (χ2n) is 3.36. The summed E-state index contributed by atoms with van der Waals surface area (Å²) < 4.78 is 5.54. The topological polar surface area (TPSA) is 29.5 Å². The lowest BCUT2D eigenvalue weighted by atomic mass is 10.1. The van der Waals surface area contributed by atoms with Crippen LogP contribution in [0.4, 0.5) is 5.00 Å². The number of allylic oxidation sites excluding steroid dienone is 1. The average Bonchev–Trinajstić information content (AvgIpc) is 2.69. The highest BCUT2D eigenvalue weighted by Gasteiger charge is 2.18. The average molecular weight is 233 g/mol. The van der Waals surface area contributed by atoms with Crippen LogP contribution in [0.15, 0.2) is 36.6 Å². The molecule has 0 aromatic carbocycles. The van der Waals surface area contributed by atoms with Crippen molar-refractivity contribution in [3.05, 3.63) is 41.5 Å². The lowest BCUT2D eigenvalue weighted by Crippen LogP contribution is -2.11. The second-order valence-corrected chi connectivity index (χ2v) is 4.42. The Morgan fingerprint density at radius 3 is 2.94 bits per heavy atom. The van der Waals surface area contributed by atoms with E-state index in [0.717, 1.165) is 27.6 Å². The Morgan fingerprint density at radius 1 is 1.56 bits per heavy atom. The number of hydrogen-bond donors (Lipinski definition) is 0. The number of amides is 1. The molecule has 0 unspecified atom stereocenters. The molecule has 16 heavy (non-hydrogen) atoms. The summed E-state index contributed by atoms with van der Waals surface area (Å²) in [5.41, 5.74) is 0.870. The van der Waals surface area contributed by atoms with Crippen molar-refractivity contribution in [2.24, 2.45) is 0 Å². The number of thiophene rings is 1. The van der Waals surface area contributed by atoms with Gasteiger partial charge >= 0.3 is 0 Å². The minimum atomic E-state index is 0.584. The zero-order chi connectivity index (χ0) is 11.7. The van der Waals surface area contributed by atoms with E-state index in [1.807, 2.05) is 12.1 Å². The van der Waals surface area contributed by atoms with Gasteiger partial charge in [-0.3, -0.25) is 4.79 Å². The molecule has 0 fully saturated rings. The number of nitrogens with zero attached hydrogens (tertiary/aromatic N) is 1. The summed E-state index contributed by atoms with van der Waals surface area (Å²) in [6.45, 7) is 7.49. The molecule has 0 N–H and O–H groups in total. The van der Waals surface area contributed by atoms with Crippen molar-refractivity contribution in [3.63, 3.8) is 0 Å². The molecule has 2 rings (SSSR count). The van der Waals surface area contributed by atoms with Crippen molar-refractivity contribution in [1.29, 1.82) is 0 Å². The molecule has 1 aromatic rings. The van der Waals surface area contributed by atoms with E-state index in [-0.39, 0.29) is 0 Å². The van der Waals surface area contributed by atoms with Crippen LogP contribution >= 0.6 is 11.3 Å². The van der Waals surface area contributed by atoms with Crippen molar-refractivity contribution in [3.8, 4) is 5.75 Å². The molecular formula is C12H11NO2S. The Labute approximate surface area is 98.0 Å². The minimum absolute atomic E-state index is 0.584. The van der Waals surface area contributed by atoms with Gasteiger partial charge in [-0.15, -0.1) is 11.3 Å². The second kappa shape index (κ2) is 3.98. The summed E-state index contributed by atoms with van der Waals surface area (Å²) >= 11 is 1.49. The molecule has 2 heterocycles. The van der Waals surface area contributed by atoms with Gasteiger partial charge in [0.1, 0.15) is 16.5 Å². The van der Waals surface area contributed by atoms with Gasteiger partial charge in [0.05, 0.1) is 4.88 Å². The zero-order valence-corrected chi connectivity index (χ0v) is 9.71. The van der Waals surface area contributed by atoms with E-state index in [4.69, 9.17) is 4.74 Å². The third-order valence-electron chi connectivity index (χ3n) is 2.28. The molecule has 1 amide bonds. The van der Waals surface area contributed by atoms with E-state index < -0.39 is 0 Å². The van der Waals surface area contributed by atoms with E-state index in [2.05, 4.69) is 13.2 Å². The van der Waals surface area contributed by atoms with Gasteiger partial charge in [-0.25, -0.2) is 0 Å². The summed E-state index contributed by atoms with van der Waals surface area (Å²) in [5.74, 6) is 1.32. The van der Waals surface area contributed by atoms with Crippen LogP contribution in [-0.2, 0) is 4.79 Å². The van der Waals surface area contributed by atoms with Crippen LogP contribution in [-0.4, -0.2) is 13.5 Å². The number of fused-ring (bicyclic) bond motifs is 1. The van der Waals surface area contributed by atoms with Crippen LogP contribution in [0.5, 0.6) is 5.75 Å². The molecule has 0 spiro atoms. The maximum absolute atomic E-state index is 10.6. The lowest BCUT2D eigenvalue weighted by molar-refractivity contribution is -0.107. The number of ether oxygens (including phenoxy) is 1. The fourth-order valence-corrected chi connectivity index (χ4v) is 2.33. The highest BCUT2D eigenvalue weighted by molar-refractivity contribution is 7.17. The van der Waals surface area contributed by atoms with Crippen molar-refractivity contribution < 1.29 is 9.53 Å². The van der Waals surface area contributed by atoms with E-state index in [0.29, 0.717) is 5.76 Å². The summed E-state index contributed by atoms with van der Waals surface area (Å²) in [4.78, 5) is 13.1. The maximum Gasteiger partial charge on any atom is 0.214 e.